The van der Waals surface area contributed by atoms with Crippen LogP contribution in [0.25, 0.3) is 5.52 Å². The van der Waals surface area contributed by atoms with E-state index in [1.807, 2.05) is 34.0 Å². The molecule has 0 aromatic carbocycles. The first-order valence-corrected chi connectivity index (χ1v) is 11.8. The van der Waals surface area contributed by atoms with E-state index in [2.05, 4.69) is 34.6 Å². The normalized spacial score (nSPS) is 23.5. The van der Waals surface area contributed by atoms with Crippen LogP contribution in [0.4, 0.5) is 17.6 Å². The molecule has 2 fully saturated rings. The van der Waals surface area contributed by atoms with Gasteiger partial charge in [-0.05, 0) is 57.8 Å². The van der Waals surface area contributed by atoms with Gasteiger partial charge in [0, 0.05) is 37.8 Å². The molecule has 5 heterocycles. The number of aliphatic hydroxyl groups excluding tert-OH is 1. The molecule has 0 saturated carbocycles. The monoisotopic (exact) mass is 452 g/mol. The number of carbonyl (C=O) groups excluding carboxylic acids is 1. The van der Waals surface area contributed by atoms with Gasteiger partial charge in [0.15, 0.2) is 11.6 Å². The molecule has 176 valence electrons. The van der Waals surface area contributed by atoms with Gasteiger partial charge in [-0.1, -0.05) is 0 Å². The van der Waals surface area contributed by atoms with Gasteiger partial charge in [-0.2, -0.15) is 4.98 Å². The third-order valence-corrected chi connectivity index (χ3v) is 6.62. The Morgan fingerprint density at radius 3 is 3.03 bits per heavy atom. The zero-order valence-electron chi connectivity index (χ0n) is 19.2. The van der Waals surface area contributed by atoms with Crippen LogP contribution in [0.5, 0.6) is 0 Å². The van der Waals surface area contributed by atoms with Crippen LogP contribution >= 0.6 is 0 Å². The van der Waals surface area contributed by atoms with Gasteiger partial charge in [-0.25, -0.2) is 9.50 Å². The number of fused-ring (bicyclic) bond motifs is 1. The molecule has 3 aromatic rings. The van der Waals surface area contributed by atoms with E-state index in [-0.39, 0.29) is 5.78 Å². The number of imidazole rings is 1. The maximum atomic E-state index is 13.2. The van der Waals surface area contributed by atoms with Crippen LogP contribution in [0, 0.1) is 5.92 Å². The molecule has 10 nitrogen and oxygen atoms in total. The zero-order chi connectivity index (χ0) is 22.9. The van der Waals surface area contributed by atoms with Crippen molar-refractivity contribution in [1.82, 2.24) is 29.5 Å². The van der Waals surface area contributed by atoms with Gasteiger partial charge in [-0.15, -0.1) is 5.10 Å². The van der Waals surface area contributed by atoms with Crippen LogP contribution in [0.2, 0.25) is 0 Å². The number of rotatable bonds is 7. The van der Waals surface area contributed by atoms with Gasteiger partial charge in [0.2, 0.25) is 5.95 Å². The number of carbonyl (C=O) groups is 1. The van der Waals surface area contributed by atoms with Crippen LogP contribution in [0.15, 0.2) is 30.9 Å². The molecule has 10 heteroatoms. The minimum atomic E-state index is -0.578. The van der Waals surface area contributed by atoms with Gasteiger partial charge in [0.05, 0.1) is 18.5 Å². The number of Topliss-reactive ketones (excluding diaryl/α,β-unsaturated/α-hetero) is 1. The Labute approximate surface area is 193 Å². The number of piperidine rings is 1. The fraction of sp³-hybridized carbons (Fsp3) is 0.565. The molecule has 0 aliphatic carbocycles. The molecule has 33 heavy (non-hydrogen) atoms. The minimum absolute atomic E-state index is 0.154. The van der Waals surface area contributed by atoms with Crippen LogP contribution < -0.4 is 15.5 Å². The lowest BCUT2D eigenvalue weighted by Crippen LogP contribution is -2.40. The molecule has 5 rings (SSSR count). The van der Waals surface area contributed by atoms with Crippen LogP contribution in [0.1, 0.15) is 45.6 Å². The molecule has 2 saturated heterocycles. The van der Waals surface area contributed by atoms with E-state index in [0.29, 0.717) is 48.9 Å². The van der Waals surface area contributed by atoms with Crippen molar-refractivity contribution in [3.8, 4) is 0 Å². The van der Waals surface area contributed by atoms with E-state index in [0.717, 1.165) is 31.4 Å². The van der Waals surface area contributed by atoms with Crippen molar-refractivity contribution in [2.24, 2.45) is 5.92 Å². The highest BCUT2D eigenvalue weighted by atomic mass is 16.3. The first-order chi connectivity index (χ1) is 16.0. The van der Waals surface area contributed by atoms with E-state index in [4.69, 9.17) is 4.98 Å². The second-order valence-corrected chi connectivity index (χ2v) is 9.46. The third-order valence-electron chi connectivity index (χ3n) is 6.62. The average Bonchev–Trinajstić information content (AvgIpc) is 3.53. The fourth-order valence-electron chi connectivity index (χ4n) is 4.80. The highest BCUT2D eigenvalue weighted by molar-refractivity contribution is 5.88. The van der Waals surface area contributed by atoms with Crippen molar-refractivity contribution in [2.75, 3.05) is 29.9 Å². The number of hydrogen-bond acceptors (Lipinski definition) is 8. The molecule has 2 aliphatic heterocycles. The van der Waals surface area contributed by atoms with E-state index in [9.17, 15) is 9.90 Å². The van der Waals surface area contributed by atoms with E-state index < -0.39 is 12.1 Å². The Hall–Kier alpha value is -2.98. The summed E-state index contributed by atoms with van der Waals surface area (Å²) in [5, 5.41) is 21.8. The Morgan fingerprint density at radius 1 is 1.39 bits per heavy atom. The molecule has 1 unspecified atom stereocenters. The van der Waals surface area contributed by atoms with Gasteiger partial charge >= 0.3 is 0 Å². The average molecular weight is 453 g/mol. The van der Waals surface area contributed by atoms with Crippen molar-refractivity contribution < 1.29 is 9.90 Å². The van der Waals surface area contributed by atoms with Gasteiger partial charge in [0.1, 0.15) is 11.3 Å². The second-order valence-electron chi connectivity index (χ2n) is 9.46. The smallest absolute Gasteiger partial charge is 0.246 e. The molecule has 3 aromatic heterocycles. The lowest BCUT2D eigenvalue weighted by molar-refractivity contribution is -0.121. The maximum Gasteiger partial charge on any atom is 0.246 e. The molecular weight excluding hydrogens is 420 g/mol. The SMILES string of the molecule is CC(C)n1cnc(Nc2nc(N3C[C@@H](O)C[C@H]3C(=O)CC3CCCNC3)nn3cccc23)c1. The van der Waals surface area contributed by atoms with Crippen molar-refractivity contribution in [3.63, 3.8) is 0 Å². The van der Waals surface area contributed by atoms with Gasteiger partial charge < -0.3 is 25.2 Å². The maximum absolute atomic E-state index is 13.2. The number of nitrogens with zero attached hydrogens (tertiary/aromatic N) is 6. The second kappa shape index (κ2) is 9.11. The molecule has 0 bridgehead atoms. The van der Waals surface area contributed by atoms with Crippen LogP contribution in [-0.4, -0.2) is 66.8 Å². The molecule has 0 amide bonds. The summed E-state index contributed by atoms with van der Waals surface area (Å²) < 4.78 is 3.77. The van der Waals surface area contributed by atoms with Crippen LogP contribution in [-0.2, 0) is 4.79 Å². The summed E-state index contributed by atoms with van der Waals surface area (Å²) in [7, 11) is 0. The Balaban J connectivity index is 1.42. The summed E-state index contributed by atoms with van der Waals surface area (Å²) in [4.78, 5) is 24.3. The Bertz CT molecular complexity index is 1120. The molecule has 0 radical (unpaired) electrons. The van der Waals surface area contributed by atoms with Crippen molar-refractivity contribution in [2.45, 2.75) is 57.7 Å². The quantitative estimate of drug-likeness (QED) is 0.500. The number of aromatic nitrogens is 5. The number of ketones is 1. The molecule has 2 aliphatic rings. The van der Waals surface area contributed by atoms with Gasteiger partial charge in [-0.3, -0.25) is 4.79 Å². The van der Waals surface area contributed by atoms with Crippen molar-refractivity contribution in [3.05, 3.63) is 30.9 Å². The van der Waals surface area contributed by atoms with Crippen LogP contribution in [0.3, 0.4) is 0 Å². The Morgan fingerprint density at radius 2 is 2.27 bits per heavy atom. The standard InChI is InChI=1S/C23H32N8O2/c1-15(2)29-13-21(25-14-29)26-22-18-6-4-8-31(18)28-23(27-22)30-12-17(32)10-19(30)20(33)9-16-5-3-7-24-11-16/h4,6,8,13-17,19,24,32H,3,5,7,9-12H2,1-2H3,(H,26,27,28)/t16?,17-,19-/m0/s1. The Kier molecular flexibility index (Phi) is 6.03. The molecule has 0 spiro atoms. The predicted octanol–water partition coefficient (Wildman–Crippen LogP) is 2.15. The van der Waals surface area contributed by atoms with Crippen molar-refractivity contribution in [1.29, 1.82) is 0 Å². The topological polar surface area (TPSA) is 113 Å². The van der Waals surface area contributed by atoms with E-state index >= 15 is 0 Å². The summed E-state index contributed by atoms with van der Waals surface area (Å²) >= 11 is 0. The molecular formula is C23H32N8O2. The van der Waals surface area contributed by atoms with E-state index in [1.54, 1.807) is 10.8 Å². The number of nitrogens with one attached hydrogen (secondary N) is 2. The highest BCUT2D eigenvalue weighted by Gasteiger charge is 2.38. The fourth-order valence-corrected chi connectivity index (χ4v) is 4.80. The number of aliphatic hydroxyl groups is 1. The third kappa shape index (κ3) is 4.58. The minimum Gasteiger partial charge on any atom is -0.391 e. The summed E-state index contributed by atoms with van der Waals surface area (Å²) in [6.45, 7) is 6.43. The number of β-amino-alcohol motifs (C(OH)–C–C–N with tert-alkyl or cyclic N) is 1. The van der Waals surface area contributed by atoms with Gasteiger partial charge in [0.25, 0.3) is 0 Å². The first-order valence-electron chi connectivity index (χ1n) is 11.8. The first kappa shape index (κ1) is 21.8. The summed E-state index contributed by atoms with van der Waals surface area (Å²) in [6.07, 6.45) is 8.10. The summed E-state index contributed by atoms with van der Waals surface area (Å²) in [5.41, 5.74) is 0.814. The van der Waals surface area contributed by atoms with Crippen molar-refractivity contribution >= 4 is 28.9 Å². The summed E-state index contributed by atoms with van der Waals surface area (Å²) in [5.74, 6) is 2.24. The lowest BCUT2D eigenvalue weighted by atomic mass is 9.91. The highest BCUT2D eigenvalue weighted by Crippen LogP contribution is 2.29. The number of hydrogen-bond donors (Lipinski definition) is 3. The summed E-state index contributed by atoms with van der Waals surface area (Å²) in [6, 6.07) is 3.73. The molecule has 3 atom stereocenters. The predicted molar refractivity (Wildman–Crippen MR) is 126 cm³/mol. The zero-order valence-corrected chi connectivity index (χ0v) is 19.2. The molecule has 3 N–H and O–H groups in total. The van der Waals surface area contributed by atoms with E-state index in [1.165, 1.54) is 0 Å². The lowest BCUT2D eigenvalue weighted by Gasteiger charge is -2.27. The largest absolute Gasteiger partial charge is 0.391 e. The number of anilines is 3.